The SMILES string of the molecule is CCC(C)[C@H](CC(=O)[C@H]1CCCCN1C)C(=O)N(COC(=O)CC(C)C)[C@H](C[C@@H](OC(C)=O)c1nc(C)cs1)C(C)C. The summed E-state index contributed by atoms with van der Waals surface area (Å²) in [7, 11) is 1.98. The molecule has 42 heavy (non-hydrogen) atoms. The normalized spacial score (nSPS) is 18.8. The zero-order valence-electron chi connectivity index (χ0n) is 27.2. The molecule has 0 spiro atoms. The average molecular weight is 608 g/mol. The molecule has 1 aliphatic heterocycles. The Kier molecular flexibility index (Phi) is 14.6. The van der Waals surface area contributed by atoms with Gasteiger partial charge in [-0.1, -0.05) is 54.4 Å². The number of aryl methyl sites for hydroxylation is 1. The molecule has 1 saturated heterocycles. The van der Waals surface area contributed by atoms with Crippen LogP contribution < -0.4 is 0 Å². The average Bonchev–Trinajstić information content (AvgIpc) is 3.35. The molecule has 10 heteroatoms. The second-order valence-electron chi connectivity index (χ2n) is 12.7. The molecule has 2 heterocycles. The van der Waals surface area contributed by atoms with E-state index >= 15 is 0 Å². The molecule has 1 aromatic rings. The number of piperidine rings is 1. The van der Waals surface area contributed by atoms with Crippen molar-refractivity contribution in [3.8, 4) is 0 Å². The quantitative estimate of drug-likeness (QED) is 0.168. The van der Waals surface area contributed by atoms with Crippen LogP contribution in [0.1, 0.15) is 110 Å². The minimum Gasteiger partial charge on any atom is -0.455 e. The number of rotatable bonds is 16. The summed E-state index contributed by atoms with van der Waals surface area (Å²) in [6.07, 6.45) is 3.63. The van der Waals surface area contributed by atoms with E-state index in [1.807, 2.05) is 60.9 Å². The van der Waals surface area contributed by atoms with Gasteiger partial charge in [-0.3, -0.25) is 24.1 Å². The van der Waals surface area contributed by atoms with Crippen molar-refractivity contribution < 1.29 is 28.7 Å². The predicted octanol–water partition coefficient (Wildman–Crippen LogP) is 5.95. The van der Waals surface area contributed by atoms with Crippen LogP contribution in [0.15, 0.2) is 5.38 Å². The Morgan fingerprint density at radius 2 is 1.81 bits per heavy atom. The van der Waals surface area contributed by atoms with Gasteiger partial charge in [0.15, 0.2) is 18.6 Å². The fraction of sp³-hybridized carbons (Fsp3) is 0.781. The second kappa shape index (κ2) is 17.1. The van der Waals surface area contributed by atoms with Crippen molar-refractivity contribution in [2.45, 2.75) is 119 Å². The van der Waals surface area contributed by atoms with Gasteiger partial charge in [0, 0.05) is 49.2 Å². The lowest BCUT2D eigenvalue weighted by Gasteiger charge is -2.39. The van der Waals surface area contributed by atoms with Crippen molar-refractivity contribution in [2.24, 2.45) is 23.7 Å². The van der Waals surface area contributed by atoms with E-state index in [1.165, 1.54) is 18.3 Å². The number of Topliss-reactive ketones (excluding diaryl/α,β-unsaturated/α-hetero) is 1. The molecule has 1 amide bonds. The summed E-state index contributed by atoms with van der Waals surface area (Å²) >= 11 is 1.41. The number of hydrogen-bond acceptors (Lipinski definition) is 9. The smallest absolute Gasteiger partial charge is 0.307 e. The van der Waals surface area contributed by atoms with Gasteiger partial charge in [0.1, 0.15) is 5.01 Å². The highest BCUT2D eigenvalue weighted by molar-refractivity contribution is 7.09. The highest BCUT2D eigenvalue weighted by Gasteiger charge is 2.39. The number of hydrogen-bond donors (Lipinski definition) is 0. The number of likely N-dealkylation sites (N-methyl/N-ethyl adjacent to an activating group) is 1. The van der Waals surface area contributed by atoms with Crippen LogP contribution in [0.4, 0.5) is 0 Å². The molecule has 0 saturated carbocycles. The lowest BCUT2D eigenvalue weighted by Crippen LogP contribution is -2.50. The summed E-state index contributed by atoms with van der Waals surface area (Å²) in [5, 5.41) is 2.56. The van der Waals surface area contributed by atoms with Gasteiger partial charge < -0.3 is 14.4 Å². The Hall–Kier alpha value is -2.33. The van der Waals surface area contributed by atoms with Gasteiger partial charge >= 0.3 is 11.9 Å². The fourth-order valence-corrected chi connectivity index (χ4v) is 6.46. The van der Waals surface area contributed by atoms with Gasteiger partial charge in [-0.05, 0) is 51.1 Å². The lowest BCUT2D eigenvalue weighted by atomic mass is 9.82. The Bertz CT molecular complexity index is 1040. The van der Waals surface area contributed by atoms with Crippen molar-refractivity contribution in [1.29, 1.82) is 0 Å². The molecule has 2 rings (SSSR count). The summed E-state index contributed by atoms with van der Waals surface area (Å²) in [5.41, 5.74) is 0.826. The van der Waals surface area contributed by atoms with Crippen LogP contribution in [0.2, 0.25) is 0 Å². The predicted molar refractivity (Wildman–Crippen MR) is 165 cm³/mol. The van der Waals surface area contributed by atoms with Crippen LogP contribution in [0.25, 0.3) is 0 Å². The summed E-state index contributed by atoms with van der Waals surface area (Å²) in [5.74, 6) is -1.49. The molecule has 238 valence electrons. The van der Waals surface area contributed by atoms with E-state index in [2.05, 4.69) is 9.88 Å². The largest absolute Gasteiger partial charge is 0.455 e. The van der Waals surface area contributed by atoms with Gasteiger partial charge in [0.05, 0.1) is 6.04 Å². The highest BCUT2D eigenvalue weighted by Crippen LogP contribution is 2.33. The number of aromatic nitrogens is 1. The van der Waals surface area contributed by atoms with Crippen molar-refractivity contribution in [1.82, 2.24) is 14.8 Å². The second-order valence-corrected chi connectivity index (χ2v) is 13.6. The van der Waals surface area contributed by atoms with E-state index in [9.17, 15) is 19.2 Å². The molecule has 9 nitrogen and oxygen atoms in total. The van der Waals surface area contributed by atoms with E-state index in [4.69, 9.17) is 9.47 Å². The molecular weight excluding hydrogens is 554 g/mol. The minimum atomic E-state index is -0.658. The number of thiazole rings is 1. The number of esters is 2. The Balaban J connectivity index is 2.45. The zero-order valence-corrected chi connectivity index (χ0v) is 28.0. The molecule has 1 fully saturated rings. The molecule has 0 radical (unpaired) electrons. The van der Waals surface area contributed by atoms with E-state index in [-0.39, 0.29) is 61.0 Å². The van der Waals surface area contributed by atoms with Gasteiger partial charge in [-0.15, -0.1) is 11.3 Å². The first-order chi connectivity index (χ1) is 19.7. The van der Waals surface area contributed by atoms with Crippen LogP contribution in [0, 0.1) is 30.6 Å². The van der Waals surface area contributed by atoms with Gasteiger partial charge in [-0.25, -0.2) is 4.98 Å². The van der Waals surface area contributed by atoms with Crippen LogP contribution in [0.3, 0.4) is 0 Å². The number of ether oxygens (including phenoxy) is 2. The third kappa shape index (κ3) is 10.7. The first-order valence-electron chi connectivity index (χ1n) is 15.5. The lowest BCUT2D eigenvalue weighted by molar-refractivity contribution is -0.162. The molecule has 0 N–H and O–H groups in total. The third-order valence-corrected chi connectivity index (χ3v) is 9.33. The van der Waals surface area contributed by atoms with Gasteiger partial charge in [0.2, 0.25) is 5.91 Å². The monoisotopic (exact) mass is 607 g/mol. The molecule has 0 aliphatic carbocycles. The Labute approximate surface area is 256 Å². The number of amides is 1. The number of nitrogens with zero attached hydrogens (tertiary/aromatic N) is 3. The van der Waals surface area contributed by atoms with Gasteiger partial charge in [-0.2, -0.15) is 0 Å². The maximum absolute atomic E-state index is 14.5. The van der Waals surface area contributed by atoms with E-state index < -0.39 is 24.0 Å². The summed E-state index contributed by atoms with van der Waals surface area (Å²) in [6, 6.07) is -0.616. The molecule has 1 aromatic heterocycles. The maximum atomic E-state index is 14.5. The topological polar surface area (TPSA) is 106 Å². The van der Waals surface area contributed by atoms with Crippen LogP contribution in [0.5, 0.6) is 0 Å². The number of carbonyl (C=O) groups excluding carboxylic acids is 4. The molecular formula is C32H53N3O6S. The van der Waals surface area contributed by atoms with E-state index in [0.29, 0.717) is 11.4 Å². The van der Waals surface area contributed by atoms with Crippen molar-refractivity contribution in [3.05, 3.63) is 16.1 Å². The van der Waals surface area contributed by atoms with Crippen molar-refractivity contribution in [2.75, 3.05) is 20.3 Å². The van der Waals surface area contributed by atoms with Crippen molar-refractivity contribution >= 4 is 35.0 Å². The number of ketones is 1. The number of carbonyl (C=O) groups is 4. The third-order valence-electron chi connectivity index (χ3n) is 8.28. The summed E-state index contributed by atoms with van der Waals surface area (Å²) < 4.78 is 11.4. The molecule has 1 aliphatic rings. The van der Waals surface area contributed by atoms with E-state index in [0.717, 1.165) is 37.9 Å². The fourth-order valence-electron chi connectivity index (χ4n) is 5.62. The summed E-state index contributed by atoms with van der Waals surface area (Å²) in [6.45, 7) is 15.8. The van der Waals surface area contributed by atoms with Crippen LogP contribution in [-0.4, -0.2) is 70.8 Å². The van der Waals surface area contributed by atoms with E-state index in [1.54, 1.807) is 4.90 Å². The molecule has 0 bridgehead atoms. The first-order valence-corrected chi connectivity index (χ1v) is 16.4. The highest BCUT2D eigenvalue weighted by atomic mass is 32.1. The first kappa shape index (κ1) is 35.9. The van der Waals surface area contributed by atoms with Crippen LogP contribution in [-0.2, 0) is 28.7 Å². The van der Waals surface area contributed by atoms with Gasteiger partial charge in [0.25, 0.3) is 0 Å². The number of likely N-dealkylation sites (tertiary alicyclic amines) is 1. The zero-order chi connectivity index (χ0) is 31.6. The molecule has 1 unspecified atom stereocenters. The van der Waals surface area contributed by atoms with Crippen LogP contribution >= 0.6 is 11.3 Å². The minimum absolute atomic E-state index is 0.0529. The maximum Gasteiger partial charge on any atom is 0.307 e. The Morgan fingerprint density at radius 1 is 1.12 bits per heavy atom. The molecule has 0 aromatic carbocycles. The molecule has 5 atom stereocenters. The standard InChI is InChI=1S/C32H53N3O6S/c1-10-22(6)25(16-28(37)26-13-11-12-14-34(26)9)32(39)35(19-40-30(38)15-20(2)3)27(21(4)5)17-29(41-24(8)36)31-33-23(7)18-42-31/h18,20-22,25-27,29H,10-17,19H2,1-9H3/t22?,25-,26+,27+,29+/m0/s1. The Morgan fingerprint density at radius 3 is 2.33 bits per heavy atom. The van der Waals surface area contributed by atoms with Crippen molar-refractivity contribution in [3.63, 3.8) is 0 Å². The summed E-state index contributed by atoms with van der Waals surface area (Å²) in [4.78, 5) is 61.1.